The molecule has 0 saturated heterocycles. The SMILES string of the molecule is NS(=O)(=O)CCCS(=O)(=O)Cl. The first-order valence-electron chi connectivity index (χ1n) is 2.63. The highest BCUT2D eigenvalue weighted by Gasteiger charge is 2.08. The molecule has 0 saturated carbocycles. The molecular formula is C3H8ClNO4S2. The van der Waals surface area contributed by atoms with Crippen LogP contribution in [0.2, 0.25) is 0 Å². The Hall–Kier alpha value is 0.150. The van der Waals surface area contributed by atoms with Gasteiger partial charge in [-0.25, -0.2) is 22.0 Å². The van der Waals surface area contributed by atoms with Crippen molar-refractivity contribution in [3.63, 3.8) is 0 Å². The van der Waals surface area contributed by atoms with Gasteiger partial charge in [0.15, 0.2) is 0 Å². The molecule has 5 nitrogen and oxygen atoms in total. The van der Waals surface area contributed by atoms with Crippen LogP contribution in [0.5, 0.6) is 0 Å². The van der Waals surface area contributed by atoms with Crippen molar-refractivity contribution in [3.05, 3.63) is 0 Å². The minimum absolute atomic E-state index is 0.0648. The van der Waals surface area contributed by atoms with Gasteiger partial charge in [0.1, 0.15) is 0 Å². The topological polar surface area (TPSA) is 94.3 Å². The molecule has 68 valence electrons. The van der Waals surface area contributed by atoms with Crippen LogP contribution in [-0.4, -0.2) is 28.3 Å². The quantitative estimate of drug-likeness (QED) is 0.631. The number of sulfonamides is 1. The van der Waals surface area contributed by atoms with Gasteiger partial charge in [-0.3, -0.25) is 0 Å². The van der Waals surface area contributed by atoms with E-state index in [9.17, 15) is 16.8 Å². The summed E-state index contributed by atoms with van der Waals surface area (Å²) in [6.07, 6.45) is -0.0648. The van der Waals surface area contributed by atoms with Crippen LogP contribution in [0.3, 0.4) is 0 Å². The van der Waals surface area contributed by atoms with Crippen molar-refractivity contribution in [2.75, 3.05) is 11.5 Å². The highest BCUT2D eigenvalue weighted by Crippen LogP contribution is 1.99. The van der Waals surface area contributed by atoms with Crippen molar-refractivity contribution in [1.82, 2.24) is 0 Å². The fraction of sp³-hybridized carbons (Fsp3) is 1.00. The molecule has 0 aromatic carbocycles. The van der Waals surface area contributed by atoms with Gasteiger partial charge in [0, 0.05) is 10.7 Å². The third kappa shape index (κ3) is 10.2. The van der Waals surface area contributed by atoms with Crippen LogP contribution in [0.4, 0.5) is 0 Å². The molecule has 0 aromatic heterocycles. The van der Waals surface area contributed by atoms with Gasteiger partial charge < -0.3 is 0 Å². The Morgan fingerprint density at radius 1 is 1.09 bits per heavy atom. The van der Waals surface area contributed by atoms with Crippen molar-refractivity contribution in [3.8, 4) is 0 Å². The Bertz CT molecular complexity index is 272. The molecule has 0 aromatic rings. The Kier molecular flexibility index (Phi) is 3.75. The second kappa shape index (κ2) is 3.70. The van der Waals surface area contributed by atoms with Crippen LogP contribution >= 0.6 is 10.7 Å². The highest BCUT2D eigenvalue weighted by molar-refractivity contribution is 8.13. The molecule has 0 heterocycles. The predicted octanol–water partition coefficient (Wildman–Crippen LogP) is -0.766. The van der Waals surface area contributed by atoms with E-state index in [1.807, 2.05) is 0 Å². The predicted molar refractivity (Wildman–Crippen MR) is 42.2 cm³/mol. The lowest BCUT2D eigenvalue weighted by molar-refractivity contribution is 0.595. The second-order valence-corrected chi connectivity index (χ2v) is 6.59. The van der Waals surface area contributed by atoms with E-state index in [1.54, 1.807) is 0 Å². The molecule has 0 rings (SSSR count). The number of nitrogens with two attached hydrogens (primary N) is 1. The Morgan fingerprint density at radius 3 is 1.82 bits per heavy atom. The van der Waals surface area contributed by atoms with Gasteiger partial charge in [-0.2, -0.15) is 0 Å². The van der Waals surface area contributed by atoms with Gasteiger partial charge in [-0.15, -0.1) is 0 Å². The lowest BCUT2D eigenvalue weighted by Gasteiger charge is -1.94. The van der Waals surface area contributed by atoms with Gasteiger partial charge in [-0.05, 0) is 6.42 Å². The molecule has 0 aliphatic carbocycles. The van der Waals surface area contributed by atoms with E-state index in [0.717, 1.165) is 0 Å². The van der Waals surface area contributed by atoms with Crippen LogP contribution in [0, 0.1) is 0 Å². The highest BCUT2D eigenvalue weighted by atomic mass is 35.7. The monoisotopic (exact) mass is 221 g/mol. The molecule has 0 aliphatic heterocycles. The van der Waals surface area contributed by atoms with Gasteiger partial charge in [0.2, 0.25) is 19.1 Å². The number of hydrogen-bond acceptors (Lipinski definition) is 4. The molecule has 0 radical (unpaired) electrons. The molecule has 2 N–H and O–H groups in total. The normalized spacial score (nSPS) is 13.3. The zero-order valence-electron chi connectivity index (χ0n) is 5.53. The zero-order valence-corrected chi connectivity index (χ0v) is 7.92. The first kappa shape index (κ1) is 11.2. The molecule has 0 bridgehead atoms. The molecule has 0 unspecified atom stereocenters. The zero-order chi connectivity index (χ0) is 9.12. The van der Waals surface area contributed by atoms with E-state index >= 15 is 0 Å². The number of primary sulfonamides is 1. The van der Waals surface area contributed by atoms with E-state index in [4.69, 9.17) is 10.7 Å². The molecule has 0 amide bonds. The summed E-state index contributed by atoms with van der Waals surface area (Å²) in [6, 6.07) is 0. The Labute approximate surface area is 70.0 Å². The number of rotatable bonds is 4. The molecular weight excluding hydrogens is 214 g/mol. The maximum Gasteiger partial charge on any atom is 0.232 e. The van der Waals surface area contributed by atoms with Crippen molar-refractivity contribution >= 4 is 29.8 Å². The molecule has 0 atom stereocenters. The summed E-state index contributed by atoms with van der Waals surface area (Å²) in [5.74, 6) is -0.732. The van der Waals surface area contributed by atoms with Crippen molar-refractivity contribution in [2.45, 2.75) is 6.42 Å². The van der Waals surface area contributed by atoms with E-state index in [1.165, 1.54) is 0 Å². The first-order valence-corrected chi connectivity index (χ1v) is 6.83. The summed E-state index contributed by atoms with van der Waals surface area (Å²) in [5.41, 5.74) is 0. The van der Waals surface area contributed by atoms with E-state index in [0.29, 0.717) is 0 Å². The Balaban J connectivity index is 3.79. The molecule has 11 heavy (non-hydrogen) atoms. The standard InChI is InChI=1S/C3H8ClNO4S2/c4-10(6,7)2-1-3-11(5,8)9/h1-3H2,(H2,5,8,9). The number of halogens is 1. The summed E-state index contributed by atoms with van der Waals surface area (Å²) in [7, 11) is -2.37. The summed E-state index contributed by atoms with van der Waals surface area (Å²) < 4.78 is 41.0. The van der Waals surface area contributed by atoms with E-state index in [2.05, 4.69) is 5.14 Å². The minimum Gasteiger partial charge on any atom is -0.229 e. The lowest BCUT2D eigenvalue weighted by Crippen LogP contribution is -2.18. The third-order valence-electron chi connectivity index (χ3n) is 0.817. The van der Waals surface area contributed by atoms with Crippen LogP contribution < -0.4 is 5.14 Å². The summed E-state index contributed by atoms with van der Waals surface area (Å²) in [4.78, 5) is 0. The van der Waals surface area contributed by atoms with Crippen molar-refractivity contribution in [2.24, 2.45) is 5.14 Å². The van der Waals surface area contributed by atoms with Gasteiger partial charge in [0.05, 0.1) is 11.5 Å². The van der Waals surface area contributed by atoms with E-state index in [-0.39, 0.29) is 17.9 Å². The minimum atomic E-state index is -3.59. The van der Waals surface area contributed by atoms with Crippen LogP contribution in [0.25, 0.3) is 0 Å². The third-order valence-corrected chi connectivity index (χ3v) is 2.91. The van der Waals surface area contributed by atoms with Crippen molar-refractivity contribution < 1.29 is 16.8 Å². The van der Waals surface area contributed by atoms with Crippen LogP contribution in [0.15, 0.2) is 0 Å². The summed E-state index contributed by atoms with van der Waals surface area (Å²) >= 11 is 0. The Morgan fingerprint density at radius 2 is 1.55 bits per heavy atom. The maximum atomic E-state index is 10.3. The molecule has 8 heteroatoms. The van der Waals surface area contributed by atoms with Gasteiger partial charge in [-0.1, -0.05) is 0 Å². The molecule has 0 spiro atoms. The van der Waals surface area contributed by atoms with Crippen LogP contribution in [0.1, 0.15) is 6.42 Å². The fourth-order valence-corrected chi connectivity index (χ4v) is 1.98. The van der Waals surface area contributed by atoms with Crippen LogP contribution in [-0.2, 0) is 19.1 Å². The molecule has 0 aliphatic rings. The van der Waals surface area contributed by atoms with Crippen molar-refractivity contribution in [1.29, 1.82) is 0 Å². The fourth-order valence-electron chi connectivity index (χ4n) is 0.433. The van der Waals surface area contributed by atoms with E-state index < -0.39 is 19.1 Å². The average Bonchev–Trinajstić information content (AvgIpc) is 1.55. The summed E-state index contributed by atoms with van der Waals surface area (Å²) in [5, 5.41) is 4.60. The first-order chi connectivity index (χ1) is 4.71. The number of hydrogen-bond donors (Lipinski definition) is 1. The largest absolute Gasteiger partial charge is 0.232 e. The summed E-state index contributed by atoms with van der Waals surface area (Å²) in [6.45, 7) is 0. The lowest BCUT2D eigenvalue weighted by atomic mass is 10.6. The molecule has 0 fully saturated rings. The van der Waals surface area contributed by atoms with Gasteiger partial charge in [0.25, 0.3) is 0 Å². The second-order valence-electron chi connectivity index (χ2n) is 1.96. The maximum absolute atomic E-state index is 10.3. The average molecular weight is 222 g/mol. The van der Waals surface area contributed by atoms with Gasteiger partial charge >= 0.3 is 0 Å². The smallest absolute Gasteiger partial charge is 0.229 e.